The zero-order valence-electron chi connectivity index (χ0n) is 8.75. The van der Waals surface area contributed by atoms with Gasteiger partial charge in [0, 0.05) is 16.2 Å². The van der Waals surface area contributed by atoms with E-state index in [1.54, 1.807) is 0 Å². The minimum absolute atomic E-state index is 0.724. The van der Waals surface area contributed by atoms with E-state index in [9.17, 15) is 0 Å². The second-order valence-electron chi connectivity index (χ2n) is 4.91. The Morgan fingerprint density at radius 2 is 2.00 bits per heavy atom. The molecule has 1 nitrogen and oxygen atoms in total. The molecular formula is C13H16BrN. The second-order valence-corrected chi connectivity index (χ2v) is 5.76. The van der Waals surface area contributed by atoms with Crippen LogP contribution < -0.4 is 5.32 Å². The van der Waals surface area contributed by atoms with E-state index in [2.05, 4.69) is 45.5 Å². The molecule has 0 heterocycles. The number of hydrogen-bond acceptors (Lipinski definition) is 1. The fourth-order valence-corrected chi connectivity index (χ4v) is 3.60. The molecule has 2 aliphatic carbocycles. The first-order valence-electron chi connectivity index (χ1n) is 5.84. The molecule has 80 valence electrons. The molecule has 2 fully saturated rings. The van der Waals surface area contributed by atoms with Crippen LogP contribution in [0.5, 0.6) is 0 Å². The lowest BCUT2D eigenvalue weighted by Gasteiger charge is -2.24. The lowest BCUT2D eigenvalue weighted by atomic mass is 9.95. The molecule has 1 N–H and O–H groups in total. The number of rotatable bonds is 2. The molecule has 1 aromatic rings. The monoisotopic (exact) mass is 265 g/mol. The van der Waals surface area contributed by atoms with Crippen LogP contribution in [-0.4, -0.2) is 6.04 Å². The smallest absolute Gasteiger partial charge is 0.0486 e. The Kier molecular flexibility index (Phi) is 2.47. The molecule has 0 saturated heterocycles. The van der Waals surface area contributed by atoms with E-state index in [-0.39, 0.29) is 0 Å². The van der Waals surface area contributed by atoms with Gasteiger partial charge >= 0.3 is 0 Å². The highest BCUT2D eigenvalue weighted by Gasteiger charge is 2.39. The van der Waals surface area contributed by atoms with E-state index in [0.29, 0.717) is 0 Å². The Bertz CT molecular complexity index is 363. The van der Waals surface area contributed by atoms with Crippen molar-refractivity contribution in [2.24, 2.45) is 11.8 Å². The summed E-state index contributed by atoms with van der Waals surface area (Å²) in [5.74, 6) is 1.94. The van der Waals surface area contributed by atoms with E-state index in [0.717, 1.165) is 17.9 Å². The van der Waals surface area contributed by atoms with Crippen molar-refractivity contribution in [1.29, 1.82) is 0 Å². The number of halogens is 1. The van der Waals surface area contributed by atoms with Crippen molar-refractivity contribution in [1.82, 2.24) is 0 Å². The summed E-state index contributed by atoms with van der Waals surface area (Å²) in [7, 11) is 0. The number of benzene rings is 1. The van der Waals surface area contributed by atoms with Gasteiger partial charge in [-0.1, -0.05) is 18.6 Å². The molecule has 0 amide bonds. The zero-order valence-corrected chi connectivity index (χ0v) is 10.3. The number of hydrogen-bond donors (Lipinski definition) is 1. The van der Waals surface area contributed by atoms with Gasteiger partial charge < -0.3 is 5.32 Å². The van der Waals surface area contributed by atoms with Crippen molar-refractivity contribution in [2.45, 2.75) is 31.7 Å². The van der Waals surface area contributed by atoms with Gasteiger partial charge in [0.25, 0.3) is 0 Å². The maximum atomic E-state index is 3.69. The molecule has 0 unspecified atom stereocenters. The number of nitrogens with one attached hydrogen (secondary N) is 1. The SMILES string of the molecule is Brc1ccccc1N[C@H]1C[C@@H]2CC[C@H]1C2. The molecule has 0 aromatic heterocycles. The second kappa shape index (κ2) is 3.82. The third-order valence-electron chi connectivity index (χ3n) is 3.95. The van der Waals surface area contributed by atoms with Gasteiger partial charge in [-0.3, -0.25) is 0 Å². The molecule has 2 heteroatoms. The molecule has 2 aliphatic rings. The first-order chi connectivity index (χ1) is 7.33. The molecule has 0 aliphatic heterocycles. The summed E-state index contributed by atoms with van der Waals surface area (Å²) in [5, 5.41) is 3.69. The zero-order chi connectivity index (χ0) is 10.3. The minimum Gasteiger partial charge on any atom is -0.381 e. The van der Waals surface area contributed by atoms with E-state index in [1.807, 2.05) is 0 Å². The first-order valence-corrected chi connectivity index (χ1v) is 6.63. The van der Waals surface area contributed by atoms with Crippen LogP contribution in [-0.2, 0) is 0 Å². The van der Waals surface area contributed by atoms with Gasteiger partial charge in [0.05, 0.1) is 0 Å². The number of para-hydroxylation sites is 1. The van der Waals surface area contributed by atoms with Crippen LogP contribution in [0.4, 0.5) is 5.69 Å². The molecule has 2 bridgehead atoms. The molecule has 1 aromatic carbocycles. The Labute approximate surface area is 99.4 Å². The average Bonchev–Trinajstić information content (AvgIpc) is 2.83. The Morgan fingerprint density at radius 3 is 2.67 bits per heavy atom. The van der Waals surface area contributed by atoms with Crippen molar-refractivity contribution < 1.29 is 0 Å². The van der Waals surface area contributed by atoms with Crippen LogP contribution in [0, 0.1) is 11.8 Å². The standard InChI is InChI=1S/C13H16BrN/c14-11-3-1-2-4-12(11)15-13-8-9-5-6-10(13)7-9/h1-4,9-10,13,15H,5-8H2/t9-,10+,13+/m1/s1. The van der Waals surface area contributed by atoms with Gasteiger partial charge in [0.15, 0.2) is 0 Å². The lowest BCUT2D eigenvalue weighted by Crippen LogP contribution is -2.25. The van der Waals surface area contributed by atoms with Crippen molar-refractivity contribution in [2.75, 3.05) is 5.32 Å². The van der Waals surface area contributed by atoms with Crippen LogP contribution in [0.1, 0.15) is 25.7 Å². The van der Waals surface area contributed by atoms with E-state index < -0.39 is 0 Å². The van der Waals surface area contributed by atoms with Gasteiger partial charge in [0.2, 0.25) is 0 Å². The van der Waals surface area contributed by atoms with E-state index >= 15 is 0 Å². The third-order valence-corrected chi connectivity index (χ3v) is 4.64. The van der Waals surface area contributed by atoms with Crippen LogP contribution in [0.15, 0.2) is 28.7 Å². The highest BCUT2D eigenvalue weighted by Crippen LogP contribution is 2.45. The largest absolute Gasteiger partial charge is 0.381 e. The quantitative estimate of drug-likeness (QED) is 0.851. The summed E-state index contributed by atoms with van der Waals surface area (Å²) in [5.41, 5.74) is 1.26. The predicted octanol–water partition coefficient (Wildman–Crippen LogP) is 4.05. The summed E-state index contributed by atoms with van der Waals surface area (Å²) in [6.45, 7) is 0. The highest BCUT2D eigenvalue weighted by molar-refractivity contribution is 9.10. The van der Waals surface area contributed by atoms with Crippen molar-refractivity contribution in [3.63, 3.8) is 0 Å². The molecule has 2 saturated carbocycles. The Balaban J connectivity index is 1.73. The maximum Gasteiger partial charge on any atom is 0.0486 e. The molecule has 15 heavy (non-hydrogen) atoms. The van der Waals surface area contributed by atoms with Crippen molar-refractivity contribution in [3.05, 3.63) is 28.7 Å². The Morgan fingerprint density at radius 1 is 1.13 bits per heavy atom. The van der Waals surface area contributed by atoms with Gasteiger partial charge in [-0.2, -0.15) is 0 Å². The van der Waals surface area contributed by atoms with Gasteiger partial charge in [-0.05, 0) is 59.2 Å². The molecule has 0 radical (unpaired) electrons. The maximum absolute atomic E-state index is 3.69. The molecule has 3 rings (SSSR count). The van der Waals surface area contributed by atoms with Gasteiger partial charge in [0.1, 0.15) is 0 Å². The normalized spacial score (nSPS) is 33.3. The summed E-state index contributed by atoms with van der Waals surface area (Å²) < 4.78 is 1.19. The average molecular weight is 266 g/mol. The van der Waals surface area contributed by atoms with Crippen molar-refractivity contribution in [3.8, 4) is 0 Å². The summed E-state index contributed by atoms with van der Waals surface area (Å²) in [4.78, 5) is 0. The summed E-state index contributed by atoms with van der Waals surface area (Å²) in [6.07, 6.45) is 5.75. The number of anilines is 1. The predicted molar refractivity (Wildman–Crippen MR) is 67.0 cm³/mol. The molecule has 3 atom stereocenters. The molecular weight excluding hydrogens is 250 g/mol. The van der Waals surface area contributed by atoms with E-state index in [4.69, 9.17) is 0 Å². The summed E-state index contributed by atoms with van der Waals surface area (Å²) in [6, 6.07) is 9.16. The molecule has 0 spiro atoms. The first kappa shape index (κ1) is 9.71. The third kappa shape index (κ3) is 1.80. The highest BCUT2D eigenvalue weighted by atomic mass is 79.9. The number of fused-ring (bicyclic) bond motifs is 2. The van der Waals surface area contributed by atoms with Crippen molar-refractivity contribution >= 4 is 21.6 Å². The minimum atomic E-state index is 0.724. The fourth-order valence-electron chi connectivity index (χ4n) is 3.20. The van der Waals surface area contributed by atoms with Gasteiger partial charge in [-0.25, -0.2) is 0 Å². The topological polar surface area (TPSA) is 12.0 Å². The summed E-state index contributed by atoms with van der Waals surface area (Å²) >= 11 is 3.59. The van der Waals surface area contributed by atoms with Crippen LogP contribution in [0.25, 0.3) is 0 Å². The van der Waals surface area contributed by atoms with Crippen LogP contribution >= 0.6 is 15.9 Å². The van der Waals surface area contributed by atoms with Gasteiger partial charge in [-0.15, -0.1) is 0 Å². The fraction of sp³-hybridized carbons (Fsp3) is 0.538. The lowest BCUT2D eigenvalue weighted by molar-refractivity contribution is 0.439. The van der Waals surface area contributed by atoms with Crippen LogP contribution in [0.3, 0.4) is 0 Å². The Hall–Kier alpha value is -0.500. The van der Waals surface area contributed by atoms with Crippen LogP contribution in [0.2, 0.25) is 0 Å². The van der Waals surface area contributed by atoms with E-state index in [1.165, 1.54) is 35.8 Å².